The number of urea groups is 1. The van der Waals surface area contributed by atoms with Crippen molar-refractivity contribution in [2.24, 2.45) is 0 Å². The largest absolute Gasteiger partial charge is 0.486 e. The Balaban J connectivity index is 1.39. The minimum Gasteiger partial charge on any atom is -0.486 e. The van der Waals surface area contributed by atoms with E-state index in [2.05, 4.69) is 37.2 Å². The van der Waals surface area contributed by atoms with Gasteiger partial charge in [0.25, 0.3) is 11.8 Å². The molecular weight excluding hydrogens is 632 g/mol. The molecule has 5 rings (SSSR count). The van der Waals surface area contributed by atoms with Crippen LogP contribution in [0.2, 0.25) is 5.02 Å². The second kappa shape index (κ2) is 10.2. The monoisotopic (exact) mass is 646 g/mol. The van der Waals surface area contributed by atoms with Gasteiger partial charge in [-0.1, -0.05) is 33.6 Å². The molecule has 8 nitrogen and oxygen atoms in total. The van der Waals surface area contributed by atoms with E-state index in [1.165, 1.54) is 6.08 Å². The smallest absolute Gasteiger partial charge is 0.335 e. The van der Waals surface area contributed by atoms with Crippen LogP contribution in [0, 0.1) is 6.92 Å². The Kier molecular flexibility index (Phi) is 6.98. The molecule has 1 fully saturated rings. The molecule has 4 amide bonds. The molecule has 0 aromatic heterocycles. The molecule has 0 spiro atoms. The van der Waals surface area contributed by atoms with E-state index in [0.29, 0.717) is 33.0 Å². The Labute approximate surface area is 233 Å². The lowest BCUT2D eigenvalue weighted by atomic mass is 10.1. The van der Waals surface area contributed by atoms with Crippen LogP contribution < -0.4 is 24.4 Å². The average molecular weight is 649 g/mol. The van der Waals surface area contributed by atoms with E-state index in [1.807, 2.05) is 25.1 Å². The Morgan fingerprint density at radius 1 is 1.03 bits per heavy atom. The Hall–Kier alpha value is -3.34. The van der Waals surface area contributed by atoms with Crippen LogP contribution in [0.5, 0.6) is 17.2 Å². The summed E-state index contributed by atoms with van der Waals surface area (Å²) in [5.41, 5.74) is 2.28. The Morgan fingerprint density at radius 3 is 2.57 bits per heavy atom. The van der Waals surface area contributed by atoms with Gasteiger partial charge in [-0.25, -0.2) is 9.69 Å². The van der Waals surface area contributed by atoms with Gasteiger partial charge in [0.05, 0.1) is 15.2 Å². The maximum absolute atomic E-state index is 13.2. The van der Waals surface area contributed by atoms with Crippen molar-refractivity contribution < 1.29 is 28.6 Å². The molecule has 2 aliphatic rings. The van der Waals surface area contributed by atoms with E-state index in [9.17, 15) is 14.4 Å². The van der Waals surface area contributed by atoms with E-state index in [0.717, 1.165) is 20.5 Å². The van der Waals surface area contributed by atoms with Crippen LogP contribution in [0.3, 0.4) is 0 Å². The molecule has 3 aromatic rings. The third kappa shape index (κ3) is 5.09. The molecule has 0 radical (unpaired) electrons. The topological polar surface area (TPSA) is 94.2 Å². The second-order valence-corrected chi connectivity index (χ2v) is 10.3. The number of nitrogens with one attached hydrogen (secondary N) is 1. The fourth-order valence-electron chi connectivity index (χ4n) is 3.81. The summed E-state index contributed by atoms with van der Waals surface area (Å²) in [6.07, 6.45) is 1.38. The van der Waals surface area contributed by atoms with Crippen LogP contribution in [0.15, 0.2) is 63.0 Å². The summed E-state index contributed by atoms with van der Waals surface area (Å²) >= 11 is 13.3. The number of anilines is 1. The molecule has 11 heteroatoms. The maximum Gasteiger partial charge on any atom is 0.335 e. The molecule has 0 bridgehead atoms. The highest BCUT2D eigenvalue weighted by Gasteiger charge is 2.37. The van der Waals surface area contributed by atoms with Crippen LogP contribution in [0.1, 0.15) is 16.7 Å². The summed E-state index contributed by atoms with van der Waals surface area (Å²) in [6.45, 7) is 2.24. The number of fused-ring (bicyclic) bond motifs is 1. The van der Waals surface area contributed by atoms with Crippen molar-refractivity contribution >= 4 is 73.1 Å². The van der Waals surface area contributed by atoms with Gasteiger partial charge in [-0.05, 0) is 88.1 Å². The lowest BCUT2D eigenvalue weighted by Gasteiger charge is -2.26. The van der Waals surface area contributed by atoms with Gasteiger partial charge < -0.3 is 14.2 Å². The molecule has 1 saturated heterocycles. The molecule has 0 unspecified atom stereocenters. The summed E-state index contributed by atoms with van der Waals surface area (Å²) < 4.78 is 18.0. The van der Waals surface area contributed by atoms with Gasteiger partial charge in [0, 0.05) is 4.47 Å². The number of amides is 4. The van der Waals surface area contributed by atoms with Gasteiger partial charge >= 0.3 is 6.03 Å². The first kappa shape index (κ1) is 25.3. The van der Waals surface area contributed by atoms with Crippen LogP contribution in [0.25, 0.3) is 6.08 Å². The van der Waals surface area contributed by atoms with Gasteiger partial charge in [-0.2, -0.15) is 0 Å². The van der Waals surface area contributed by atoms with E-state index in [1.54, 1.807) is 30.3 Å². The van der Waals surface area contributed by atoms with Crippen molar-refractivity contribution in [1.82, 2.24) is 5.32 Å². The number of nitrogens with zero attached hydrogens (tertiary/aromatic N) is 1. The lowest BCUT2D eigenvalue weighted by molar-refractivity contribution is -0.122. The number of barbiturate groups is 1. The summed E-state index contributed by atoms with van der Waals surface area (Å²) in [4.78, 5) is 39.2. The number of rotatable bonds is 5. The van der Waals surface area contributed by atoms with Crippen LogP contribution >= 0.6 is 43.5 Å². The SMILES string of the molecule is Cc1cc(N2C(=O)NC(=O)/C(=C\c3cc(Cl)c(OCc4ccc5c(c4)OCO5)c(Br)c3)C2=O)ccc1Br. The number of benzene rings is 3. The first-order valence-corrected chi connectivity index (χ1v) is 12.9. The normalized spacial score (nSPS) is 15.8. The van der Waals surface area contributed by atoms with Crippen molar-refractivity contribution in [3.63, 3.8) is 0 Å². The summed E-state index contributed by atoms with van der Waals surface area (Å²) in [5, 5.41) is 2.48. The molecule has 0 aliphatic carbocycles. The number of hydrogen-bond donors (Lipinski definition) is 1. The molecule has 188 valence electrons. The number of imide groups is 2. The third-order valence-electron chi connectivity index (χ3n) is 5.65. The second-order valence-electron chi connectivity index (χ2n) is 8.18. The van der Waals surface area contributed by atoms with E-state index in [4.69, 9.17) is 25.8 Å². The zero-order valence-corrected chi connectivity index (χ0v) is 23.1. The number of halogens is 3. The van der Waals surface area contributed by atoms with Gasteiger partial charge in [-0.15, -0.1) is 0 Å². The van der Waals surface area contributed by atoms with Crippen LogP contribution in [-0.2, 0) is 16.2 Å². The zero-order chi connectivity index (χ0) is 26.3. The summed E-state index contributed by atoms with van der Waals surface area (Å²) in [6, 6.07) is 12.9. The van der Waals surface area contributed by atoms with Crippen molar-refractivity contribution in [3.05, 3.63) is 84.8 Å². The fraction of sp³-hybridized carbons (Fsp3) is 0.115. The maximum atomic E-state index is 13.2. The highest BCUT2D eigenvalue weighted by molar-refractivity contribution is 9.10. The molecule has 0 atom stereocenters. The quantitative estimate of drug-likeness (QED) is 0.264. The molecule has 1 N–H and O–H groups in total. The highest BCUT2D eigenvalue weighted by atomic mass is 79.9. The van der Waals surface area contributed by atoms with Gasteiger partial charge in [-0.3, -0.25) is 14.9 Å². The van der Waals surface area contributed by atoms with Crippen molar-refractivity contribution in [2.75, 3.05) is 11.7 Å². The molecule has 3 aromatic carbocycles. The fourth-order valence-corrected chi connectivity index (χ4v) is 5.05. The molecule has 2 heterocycles. The first-order chi connectivity index (χ1) is 17.7. The van der Waals surface area contributed by atoms with Gasteiger partial charge in [0.2, 0.25) is 6.79 Å². The van der Waals surface area contributed by atoms with E-state index >= 15 is 0 Å². The van der Waals surface area contributed by atoms with Crippen molar-refractivity contribution in [1.29, 1.82) is 0 Å². The summed E-state index contributed by atoms with van der Waals surface area (Å²) in [5.74, 6) is 0.177. The number of ether oxygens (including phenoxy) is 3. The number of carbonyl (C=O) groups is 3. The van der Waals surface area contributed by atoms with Gasteiger partial charge in [0.15, 0.2) is 17.2 Å². The molecule has 0 saturated carbocycles. The van der Waals surface area contributed by atoms with Crippen LogP contribution in [0.4, 0.5) is 10.5 Å². The third-order valence-corrected chi connectivity index (χ3v) is 7.41. The van der Waals surface area contributed by atoms with Crippen molar-refractivity contribution in [3.8, 4) is 17.2 Å². The minimum absolute atomic E-state index is 0.184. The van der Waals surface area contributed by atoms with Gasteiger partial charge in [0.1, 0.15) is 12.2 Å². The number of carbonyl (C=O) groups excluding carboxylic acids is 3. The zero-order valence-electron chi connectivity index (χ0n) is 19.1. The Morgan fingerprint density at radius 2 is 1.81 bits per heavy atom. The van der Waals surface area contributed by atoms with E-state index in [-0.39, 0.29) is 24.0 Å². The molecular formula is C26H17Br2ClN2O6. The molecule has 37 heavy (non-hydrogen) atoms. The summed E-state index contributed by atoms with van der Waals surface area (Å²) in [7, 11) is 0. The molecule has 2 aliphatic heterocycles. The van der Waals surface area contributed by atoms with Crippen molar-refractivity contribution in [2.45, 2.75) is 13.5 Å². The number of hydrogen-bond acceptors (Lipinski definition) is 6. The van der Waals surface area contributed by atoms with Crippen LogP contribution in [-0.4, -0.2) is 24.6 Å². The highest BCUT2D eigenvalue weighted by Crippen LogP contribution is 2.37. The predicted molar refractivity (Wildman–Crippen MR) is 144 cm³/mol. The first-order valence-electron chi connectivity index (χ1n) is 10.9. The standard InChI is InChI=1S/C26H17Br2ClN2O6/c1-13-6-16(3-4-18(13)27)31-25(33)17(24(32)30-26(31)34)7-15-8-19(28)23(20(29)9-15)35-11-14-2-5-21-22(10-14)37-12-36-21/h2-10H,11-12H2,1H3,(H,30,32,34)/b17-7+. The average Bonchev–Trinajstić information content (AvgIpc) is 3.31. The lowest BCUT2D eigenvalue weighted by Crippen LogP contribution is -2.54. The predicted octanol–water partition coefficient (Wildman–Crippen LogP) is 6.15. The number of aryl methyl sites for hydroxylation is 1. The van der Waals surface area contributed by atoms with E-state index < -0.39 is 17.8 Å². The Bertz CT molecular complexity index is 1480. The minimum atomic E-state index is -0.819.